The van der Waals surface area contributed by atoms with Gasteiger partial charge in [-0.15, -0.1) is 0 Å². The maximum Gasteiger partial charge on any atom is 0.267 e. The number of likely N-dealkylation sites (tertiary alicyclic amines) is 1. The van der Waals surface area contributed by atoms with Crippen molar-refractivity contribution in [3.8, 4) is 0 Å². The van der Waals surface area contributed by atoms with Crippen LogP contribution < -0.4 is 10.6 Å². The van der Waals surface area contributed by atoms with Gasteiger partial charge < -0.3 is 24.9 Å². The van der Waals surface area contributed by atoms with Crippen molar-refractivity contribution in [1.29, 1.82) is 0 Å². The summed E-state index contributed by atoms with van der Waals surface area (Å²) in [6.45, 7) is 3.34. The molecule has 1 saturated heterocycles. The van der Waals surface area contributed by atoms with E-state index in [1.807, 2.05) is 4.90 Å². The molecule has 0 aromatic carbocycles. The minimum Gasteiger partial charge on any atom is -0.472 e. The predicted octanol–water partition coefficient (Wildman–Crippen LogP) is 5.93. The van der Waals surface area contributed by atoms with Crippen molar-refractivity contribution in [2.75, 3.05) is 26.2 Å². The number of rotatable bonds is 7. The van der Waals surface area contributed by atoms with Gasteiger partial charge in [0.15, 0.2) is 0 Å². The Hall–Kier alpha value is -2.54. The van der Waals surface area contributed by atoms with Crippen LogP contribution >= 0.6 is 0 Å². The maximum absolute atomic E-state index is 13.0. The second-order valence-electron chi connectivity index (χ2n) is 11.8. The van der Waals surface area contributed by atoms with Gasteiger partial charge in [0.25, 0.3) is 11.8 Å². The smallest absolute Gasteiger partial charge is 0.267 e. The van der Waals surface area contributed by atoms with Gasteiger partial charge in [-0.05, 0) is 55.7 Å². The fourth-order valence-corrected chi connectivity index (χ4v) is 6.92. The quantitative estimate of drug-likeness (QED) is 0.394. The van der Waals surface area contributed by atoms with E-state index in [4.69, 9.17) is 4.42 Å². The SMILES string of the molecule is O=C(NCCCCC1CCN(C(=O)c2ccoc2)CC1)c1cc2c([nH]1)CCNC21CCCCCCCCC1. The zero-order valence-corrected chi connectivity index (χ0v) is 23.0. The number of hydrogen-bond acceptors (Lipinski definition) is 4. The Labute approximate surface area is 227 Å². The first-order chi connectivity index (χ1) is 18.6. The minimum absolute atomic E-state index is 0.0282. The monoisotopic (exact) mass is 522 g/mol. The lowest BCUT2D eigenvalue weighted by Gasteiger charge is -2.39. The van der Waals surface area contributed by atoms with Crippen LogP contribution in [0.15, 0.2) is 29.1 Å². The molecule has 38 heavy (non-hydrogen) atoms. The number of H-pyrrole nitrogens is 1. The molecule has 2 aromatic rings. The summed E-state index contributed by atoms with van der Waals surface area (Å²) in [6, 6.07) is 3.89. The largest absolute Gasteiger partial charge is 0.472 e. The summed E-state index contributed by atoms with van der Waals surface area (Å²) < 4.78 is 5.05. The second-order valence-corrected chi connectivity index (χ2v) is 11.8. The van der Waals surface area contributed by atoms with Crippen LogP contribution in [0, 0.1) is 5.92 Å². The molecule has 7 nitrogen and oxygen atoms in total. The van der Waals surface area contributed by atoms with Crippen LogP contribution in [-0.2, 0) is 12.0 Å². The summed E-state index contributed by atoms with van der Waals surface area (Å²) >= 11 is 0. The topological polar surface area (TPSA) is 90.4 Å². The van der Waals surface area contributed by atoms with E-state index >= 15 is 0 Å². The van der Waals surface area contributed by atoms with Crippen molar-refractivity contribution in [2.24, 2.45) is 5.92 Å². The van der Waals surface area contributed by atoms with E-state index in [1.165, 1.54) is 75.3 Å². The summed E-state index contributed by atoms with van der Waals surface area (Å²) in [4.78, 5) is 30.9. The van der Waals surface area contributed by atoms with Gasteiger partial charge in [0, 0.05) is 43.8 Å². The molecule has 2 aromatic heterocycles. The Morgan fingerprint density at radius 3 is 2.47 bits per heavy atom. The molecule has 0 bridgehead atoms. The van der Waals surface area contributed by atoms with E-state index in [-0.39, 0.29) is 17.4 Å². The highest BCUT2D eigenvalue weighted by atomic mass is 16.3. The predicted molar refractivity (Wildman–Crippen MR) is 149 cm³/mol. The van der Waals surface area contributed by atoms with Crippen molar-refractivity contribution in [2.45, 2.75) is 102 Å². The number of unbranched alkanes of at least 4 members (excludes halogenated alkanes) is 1. The van der Waals surface area contributed by atoms with Gasteiger partial charge in [0.1, 0.15) is 12.0 Å². The van der Waals surface area contributed by atoms with E-state index in [9.17, 15) is 9.59 Å². The molecule has 1 aliphatic carbocycles. The van der Waals surface area contributed by atoms with Crippen LogP contribution in [0.25, 0.3) is 0 Å². The number of hydrogen-bond donors (Lipinski definition) is 3. The highest BCUT2D eigenvalue weighted by molar-refractivity contribution is 5.94. The summed E-state index contributed by atoms with van der Waals surface area (Å²) in [5.41, 5.74) is 4.03. The van der Waals surface area contributed by atoms with E-state index in [2.05, 4.69) is 21.7 Å². The molecule has 2 fully saturated rings. The summed E-state index contributed by atoms with van der Waals surface area (Å²) in [5, 5.41) is 7.05. The third-order valence-corrected chi connectivity index (χ3v) is 9.20. The second kappa shape index (κ2) is 13.0. The van der Waals surface area contributed by atoms with Crippen LogP contribution in [0.2, 0.25) is 0 Å². The van der Waals surface area contributed by atoms with Gasteiger partial charge in [0.05, 0.1) is 11.8 Å². The molecule has 4 heterocycles. The first-order valence-electron chi connectivity index (χ1n) is 15.2. The standard InChI is InChI=1S/C31H46N4O3/c36-29(32-17-9-6-10-24-12-19-35(20-13-24)30(37)25-14-21-38-23-25)28-22-26-27(34-28)11-18-33-31(26)15-7-4-2-1-3-5-8-16-31/h14,21-24,33-34H,1-13,15-20H2,(H,32,36). The molecule has 0 atom stereocenters. The molecular weight excluding hydrogens is 476 g/mol. The molecular formula is C31H46N4O3. The molecule has 0 unspecified atom stereocenters. The number of nitrogens with one attached hydrogen (secondary N) is 3. The summed E-state index contributed by atoms with van der Waals surface area (Å²) in [7, 11) is 0. The van der Waals surface area contributed by atoms with E-state index < -0.39 is 0 Å². The van der Waals surface area contributed by atoms with Gasteiger partial charge in [-0.1, -0.05) is 57.8 Å². The van der Waals surface area contributed by atoms with Gasteiger partial charge in [-0.2, -0.15) is 0 Å². The highest BCUT2D eigenvalue weighted by Crippen LogP contribution is 2.39. The molecule has 7 heteroatoms. The Morgan fingerprint density at radius 2 is 1.76 bits per heavy atom. The normalized spacial score (nSPS) is 20.7. The highest BCUT2D eigenvalue weighted by Gasteiger charge is 2.37. The molecule has 208 valence electrons. The number of nitrogens with zero attached hydrogens (tertiary/aromatic N) is 1. The van der Waals surface area contributed by atoms with Crippen molar-refractivity contribution in [1.82, 2.24) is 20.5 Å². The number of piperidine rings is 1. The minimum atomic E-state index is 0.0282. The molecule has 1 saturated carbocycles. The Balaban J connectivity index is 1.05. The van der Waals surface area contributed by atoms with Crippen LogP contribution in [0.3, 0.4) is 0 Å². The third kappa shape index (κ3) is 6.53. The maximum atomic E-state index is 13.0. The van der Waals surface area contributed by atoms with E-state index in [0.717, 1.165) is 63.9 Å². The molecule has 1 spiro atoms. The zero-order valence-electron chi connectivity index (χ0n) is 23.0. The summed E-state index contributed by atoms with van der Waals surface area (Å²) in [6.07, 6.45) is 21.0. The van der Waals surface area contributed by atoms with Gasteiger partial charge in [-0.25, -0.2) is 0 Å². The molecule has 3 N–H and O–H groups in total. The van der Waals surface area contributed by atoms with Crippen LogP contribution in [0.5, 0.6) is 0 Å². The van der Waals surface area contributed by atoms with E-state index in [0.29, 0.717) is 18.0 Å². The number of amides is 2. The lowest BCUT2D eigenvalue weighted by molar-refractivity contribution is 0.0685. The van der Waals surface area contributed by atoms with Crippen molar-refractivity contribution < 1.29 is 14.0 Å². The summed E-state index contributed by atoms with van der Waals surface area (Å²) in [5.74, 6) is 0.767. The van der Waals surface area contributed by atoms with Crippen molar-refractivity contribution in [3.63, 3.8) is 0 Å². The van der Waals surface area contributed by atoms with Crippen molar-refractivity contribution >= 4 is 11.8 Å². The molecule has 2 aliphatic heterocycles. The molecule has 0 radical (unpaired) electrons. The number of furan rings is 1. The van der Waals surface area contributed by atoms with Crippen LogP contribution in [-0.4, -0.2) is 47.9 Å². The molecule has 5 rings (SSSR count). The molecule has 2 amide bonds. The number of aromatic amines is 1. The van der Waals surface area contributed by atoms with Gasteiger partial charge >= 0.3 is 0 Å². The van der Waals surface area contributed by atoms with Gasteiger partial charge in [0.2, 0.25) is 0 Å². The number of fused-ring (bicyclic) bond motifs is 2. The number of carbonyl (C=O) groups is 2. The Morgan fingerprint density at radius 1 is 1.03 bits per heavy atom. The Kier molecular flexibility index (Phi) is 9.26. The Bertz CT molecular complexity index is 1030. The first kappa shape index (κ1) is 27.0. The van der Waals surface area contributed by atoms with Crippen LogP contribution in [0.1, 0.15) is 122 Å². The average Bonchev–Trinajstić information content (AvgIpc) is 3.64. The zero-order chi connectivity index (χ0) is 26.2. The third-order valence-electron chi connectivity index (χ3n) is 9.20. The fourth-order valence-electron chi connectivity index (χ4n) is 6.92. The average molecular weight is 523 g/mol. The van der Waals surface area contributed by atoms with Gasteiger partial charge in [-0.3, -0.25) is 9.59 Å². The first-order valence-corrected chi connectivity index (χ1v) is 15.2. The lowest BCUT2D eigenvalue weighted by Crippen LogP contribution is -2.47. The van der Waals surface area contributed by atoms with Crippen molar-refractivity contribution in [3.05, 3.63) is 47.2 Å². The van der Waals surface area contributed by atoms with Crippen LogP contribution in [0.4, 0.5) is 0 Å². The lowest BCUT2D eigenvalue weighted by atomic mass is 9.77. The number of aromatic nitrogens is 1. The number of carbonyl (C=O) groups excluding carboxylic acids is 2. The van der Waals surface area contributed by atoms with E-state index in [1.54, 1.807) is 12.3 Å². The molecule has 3 aliphatic rings. The fraction of sp³-hybridized carbons (Fsp3) is 0.677.